The van der Waals surface area contributed by atoms with Gasteiger partial charge in [0.05, 0.1) is 30.4 Å². The Morgan fingerprint density at radius 3 is 2.38 bits per heavy atom. The molecule has 6 rings (SSSR count). The Bertz CT molecular complexity index is 1860. The molecule has 4 aliphatic heterocycles. The highest BCUT2D eigenvalue weighted by atomic mass is 32.2. The van der Waals surface area contributed by atoms with E-state index in [2.05, 4.69) is 10.1 Å². The van der Waals surface area contributed by atoms with E-state index in [-0.39, 0.29) is 57.7 Å². The van der Waals surface area contributed by atoms with Crippen molar-refractivity contribution in [3.63, 3.8) is 0 Å². The molecule has 0 spiro atoms. The normalized spacial score (nSPS) is 22.2. The SMILES string of the molecule is CC(C)(O/N=C(/C(=O)C[C@@H]1C(=O)N2C(C(=O)O)=C(C[N+]3(C4CCN(C(=O)c5ccc(O)c(O)c5)CC4)CCCC3)CS[C@H]12)c1csc(N)n1)C(=O)O. The molecule has 1 aromatic carbocycles. The number of ketones is 1. The number of quaternary nitrogens is 1. The van der Waals surface area contributed by atoms with Gasteiger partial charge in [-0.15, -0.1) is 23.1 Å². The lowest BCUT2D eigenvalue weighted by Gasteiger charge is -2.51. The second kappa shape index (κ2) is 14.4. The van der Waals surface area contributed by atoms with Crippen LogP contribution < -0.4 is 5.73 Å². The first-order valence-corrected chi connectivity index (χ1v) is 18.9. The predicted molar refractivity (Wildman–Crippen MR) is 190 cm³/mol. The number of nitrogen functional groups attached to an aromatic ring is 1. The molecule has 5 heterocycles. The highest BCUT2D eigenvalue weighted by Crippen LogP contribution is 2.46. The second-order valence-electron chi connectivity index (χ2n) is 14.1. The molecule has 2 aromatic rings. The summed E-state index contributed by atoms with van der Waals surface area (Å²) in [5, 5.41) is 44.3. The first-order valence-electron chi connectivity index (χ1n) is 16.9. The quantitative estimate of drug-likeness (QED) is 0.0689. The zero-order chi connectivity index (χ0) is 37.5. The van der Waals surface area contributed by atoms with Gasteiger partial charge in [-0.05, 0) is 32.0 Å². The third kappa shape index (κ3) is 7.06. The minimum Gasteiger partial charge on any atom is -0.504 e. The van der Waals surface area contributed by atoms with Gasteiger partial charge in [-0.25, -0.2) is 14.6 Å². The van der Waals surface area contributed by atoms with Gasteiger partial charge in [0.1, 0.15) is 17.9 Å². The van der Waals surface area contributed by atoms with Crippen molar-refractivity contribution in [3.8, 4) is 11.5 Å². The number of piperidine rings is 1. The summed E-state index contributed by atoms with van der Waals surface area (Å²) in [6.45, 7) is 5.68. The summed E-state index contributed by atoms with van der Waals surface area (Å²) in [7, 11) is 0. The van der Waals surface area contributed by atoms with E-state index in [1.807, 2.05) is 0 Å². The lowest BCUT2D eigenvalue weighted by Crippen LogP contribution is -2.63. The summed E-state index contributed by atoms with van der Waals surface area (Å²) in [5.41, 5.74) is 4.71. The Morgan fingerprint density at radius 1 is 1.10 bits per heavy atom. The molecular formula is C34H41N6O10S2+. The van der Waals surface area contributed by atoms with Gasteiger partial charge in [0.15, 0.2) is 28.1 Å². The van der Waals surface area contributed by atoms with Crippen LogP contribution >= 0.6 is 23.1 Å². The molecule has 1 aromatic heterocycles. The molecule has 16 nitrogen and oxygen atoms in total. The van der Waals surface area contributed by atoms with E-state index < -0.39 is 40.5 Å². The third-order valence-electron chi connectivity index (χ3n) is 10.4. The number of aliphatic carboxylic acids is 2. The van der Waals surface area contributed by atoms with Crippen LogP contribution in [0.15, 0.2) is 40.0 Å². The number of hydrogen-bond acceptors (Lipinski definition) is 13. The highest BCUT2D eigenvalue weighted by Gasteiger charge is 2.55. The van der Waals surface area contributed by atoms with Crippen molar-refractivity contribution in [1.29, 1.82) is 0 Å². The first kappa shape index (κ1) is 37.1. The van der Waals surface area contributed by atoms with Gasteiger partial charge in [0, 0.05) is 67.5 Å². The molecule has 3 saturated heterocycles. The molecule has 2 amide bonds. The van der Waals surface area contributed by atoms with Crippen LogP contribution in [0.4, 0.5) is 5.13 Å². The molecule has 2 atom stereocenters. The summed E-state index contributed by atoms with van der Waals surface area (Å²) >= 11 is 2.46. The monoisotopic (exact) mass is 757 g/mol. The number of thioether (sulfide) groups is 1. The maximum absolute atomic E-state index is 13.6. The van der Waals surface area contributed by atoms with Gasteiger partial charge in [-0.3, -0.25) is 19.3 Å². The van der Waals surface area contributed by atoms with Crippen molar-refractivity contribution in [1.82, 2.24) is 14.8 Å². The molecule has 0 aliphatic carbocycles. The summed E-state index contributed by atoms with van der Waals surface area (Å²) in [6.07, 6.45) is 3.05. The van der Waals surface area contributed by atoms with Gasteiger partial charge in [-0.1, -0.05) is 5.16 Å². The molecule has 278 valence electrons. The average molecular weight is 758 g/mol. The fourth-order valence-electron chi connectivity index (χ4n) is 7.53. The molecular weight excluding hydrogens is 717 g/mol. The molecule has 3 fully saturated rings. The predicted octanol–water partition coefficient (Wildman–Crippen LogP) is 2.47. The van der Waals surface area contributed by atoms with Crippen LogP contribution in [-0.4, -0.2) is 130 Å². The number of nitrogens with zero attached hydrogens (tertiary/aromatic N) is 5. The summed E-state index contributed by atoms with van der Waals surface area (Å²) < 4.78 is 0.673. The molecule has 4 aliphatic rings. The summed E-state index contributed by atoms with van der Waals surface area (Å²) in [5.74, 6) is -5.00. The number of carbonyl (C=O) groups is 5. The lowest BCUT2D eigenvalue weighted by atomic mass is 9.89. The number of β-lactam (4-membered cyclic amide) rings is 1. The van der Waals surface area contributed by atoms with E-state index in [1.54, 1.807) is 4.90 Å². The number of rotatable bonds is 12. The number of nitrogens with two attached hydrogens (primary N) is 1. The smallest absolute Gasteiger partial charge is 0.352 e. The molecule has 18 heteroatoms. The standard InChI is InChI=1S/C34H40N6O10S2/c1-34(2,32(48)49)50-37-26(22-17-52-33(35)36-22)25(43)14-21-29(45)39-27(31(46)47)19(16-51-30(21)39)15-40(11-3-4-12-40)20-7-9-38(10-8-20)28(44)18-5-6-23(41)24(42)13-18/h5-6,13,17,20-21,30H,3-4,7-12,14-16H2,1-2H3,(H5-,35,36,37,41,42,43,44,46,47,48,49)/p+1/t21-,30-/m1/s1. The number of oxime groups is 1. The van der Waals surface area contributed by atoms with E-state index in [0.717, 1.165) is 37.3 Å². The Kier molecular flexibility index (Phi) is 10.3. The number of fused-ring (bicyclic) bond motifs is 1. The van der Waals surface area contributed by atoms with Crippen LogP contribution in [0.1, 0.15) is 62.0 Å². The largest absolute Gasteiger partial charge is 0.504 e. The molecule has 0 radical (unpaired) electrons. The van der Waals surface area contributed by atoms with Gasteiger partial charge >= 0.3 is 11.9 Å². The average Bonchev–Trinajstić information content (AvgIpc) is 3.77. The van der Waals surface area contributed by atoms with Crippen molar-refractivity contribution in [3.05, 3.63) is 46.1 Å². The van der Waals surface area contributed by atoms with E-state index in [1.165, 1.54) is 54.1 Å². The third-order valence-corrected chi connectivity index (χ3v) is 12.5. The number of thiazole rings is 1. The van der Waals surface area contributed by atoms with Crippen molar-refractivity contribution < 1.29 is 53.7 Å². The van der Waals surface area contributed by atoms with E-state index in [4.69, 9.17) is 10.6 Å². The van der Waals surface area contributed by atoms with Crippen LogP contribution in [0, 0.1) is 5.92 Å². The van der Waals surface area contributed by atoms with E-state index >= 15 is 0 Å². The number of hydrogen-bond donors (Lipinski definition) is 5. The topological polar surface area (TPSA) is 233 Å². The zero-order valence-electron chi connectivity index (χ0n) is 28.7. The maximum Gasteiger partial charge on any atom is 0.352 e. The molecule has 0 bridgehead atoms. The Morgan fingerprint density at radius 2 is 1.79 bits per heavy atom. The van der Waals surface area contributed by atoms with Crippen LogP contribution in [0.3, 0.4) is 0 Å². The maximum atomic E-state index is 13.6. The van der Waals surface area contributed by atoms with Crippen LogP contribution in [0.2, 0.25) is 0 Å². The number of aromatic nitrogens is 1. The molecule has 52 heavy (non-hydrogen) atoms. The first-order chi connectivity index (χ1) is 24.6. The van der Waals surface area contributed by atoms with Gasteiger partial charge in [0.25, 0.3) is 5.91 Å². The fourth-order valence-corrected chi connectivity index (χ4v) is 9.48. The Labute approximate surface area is 307 Å². The number of carboxylic acids is 2. The number of amides is 2. The van der Waals surface area contributed by atoms with Gasteiger partial charge in [-0.2, -0.15) is 0 Å². The number of carbonyl (C=O) groups excluding carboxylic acids is 3. The van der Waals surface area contributed by atoms with Crippen molar-refractivity contribution in [2.75, 3.05) is 44.2 Å². The number of anilines is 1. The number of benzene rings is 1. The van der Waals surface area contributed by atoms with Crippen molar-refractivity contribution in [2.45, 2.75) is 63.0 Å². The van der Waals surface area contributed by atoms with Gasteiger partial charge in [0.2, 0.25) is 11.5 Å². The minimum atomic E-state index is -1.75. The highest BCUT2D eigenvalue weighted by molar-refractivity contribution is 8.00. The Hall–Kier alpha value is -4.68. The van der Waals surface area contributed by atoms with Gasteiger partial charge < -0.3 is 40.4 Å². The zero-order valence-corrected chi connectivity index (χ0v) is 30.3. The minimum absolute atomic E-state index is 0.0469. The molecule has 6 N–H and O–H groups in total. The molecule has 0 saturated carbocycles. The number of phenolic OH excluding ortho intramolecular Hbond substituents is 2. The summed E-state index contributed by atoms with van der Waals surface area (Å²) in [4.78, 5) is 77.1. The molecule has 0 unspecified atom stereocenters. The number of likely N-dealkylation sites (tertiary alicyclic amines) is 2. The van der Waals surface area contributed by atoms with Crippen molar-refractivity contribution in [2.24, 2.45) is 11.1 Å². The van der Waals surface area contributed by atoms with E-state index in [9.17, 15) is 44.4 Å². The Balaban J connectivity index is 1.16. The summed E-state index contributed by atoms with van der Waals surface area (Å²) in [6, 6.07) is 4.19. The number of Topliss-reactive ketones (excluding diaryl/α,β-unsaturated/α-hetero) is 1. The van der Waals surface area contributed by atoms with Crippen molar-refractivity contribution >= 4 is 63.5 Å². The lowest BCUT2D eigenvalue weighted by molar-refractivity contribution is -0.937. The fraction of sp³-hybridized carbons (Fsp3) is 0.500. The number of carboxylic acid groups (broad SMARTS) is 2. The number of phenols is 2. The van der Waals surface area contributed by atoms with Crippen LogP contribution in [-0.2, 0) is 24.0 Å². The van der Waals surface area contributed by atoms with E-state index in [0.29, 0.717) is 48.3 Å². The van der Waals surface area contributed by atoms with Crippen LogP contribution in [0.25, 0.3) is 0 Å². The van der Waals surface area contributed by atoms with Crippen LogP contribution in [0.5, 0.6) is 11.5 Å². The second-order valence-corrected chi connectivity index (χ2v) is 16.1. The number of aromatic hydroxyl groups is 2.